The lowest BCUT2D eigenvalue weighted by molar-refractivity contribution is -0.122. The number of phenolic OH excluding ortho intramolecular Hbond substituents is 1. The van der Waals surface area contributed by atoms with Crippen molar-refractivity contribution in [2.75, 3.05) is 0 Å². The Hall–Kier alpha value is -1.64. The summed E-state index contributed by atoms with van der Waals surface area (Å²) in [5.41, 5.74) is 1.94. The molecule has 0 aliphatic heterocycles. The summed E-state index contributed by atoms with van der Waals surface area (Å²) in [4.78, 5) is 23.3. The lowest BCUT2D eigenvalue weighted by atomic mass is 10.00. The van der Waals surface area contributed by atoms with Crippen LogP contribution in [-0.4, -0.2) is 16.7 Å². The molecule has 0 aliphatic carbocycles. The number of aromatic hydroxyl groups is 1. The minimum absolute atomic E-state index is 0.121. The molecular formula is C19H28O3. The Morgan fingerprint density at radius 3 is 2.36 bits per heavy atom. The van der Waals surface area contributed by atoms with Gasteiger partial charge in [-0.25, -0.2) is 0 Å². The average Bonchev–Trinajstić information content (AvgIpc) is 2.47. The monoisotopic (exact) mass is 304 g/mol. The van der Waals surface area contributed by atoms with Gasteiger partial charge >= 0.3 is 0 Å². The number of carbonyl (C=O) groups is 2. The maximum atomic E-state index is 11.9. The van der Waals surface area contributed by atoms with Gasteiger partial charge in [-0.15, -0.1) is 0 Å². The standard InChI is InChI=1S/C19H28O3/c1-14(2)18(21)8-6-4-5-7-17(20)11-9-16-10-12-19(22)15(3)13-16/h10,12-14,22H,4-9,11H2,1-3H3. The number of ketones is 2. The topological polar surface area (TPSA) is 54.4 Å². The largest absolute Gasteiger partial charge is 0.508 e. The molecule has 0 bridgehead atoms. The van der Waals surface area contributed by atoms with Crippen LogP contribution in [0, 0.1) is 12.8 Å². The second-order valence-electron chi connectivity index (χ2n) is 6.34. The van der Waals surface area contributed by atoms with Gasteiger partial charge in [0.15, 0.2) is 0 Å². The third kappa shape index (κ3) is 6.88. The first-order chi connectivity index (χ1) is 10.4. The van der Waals surface area contributed by atoms with E-state index in [1.807, 2.05) is 32.9 Å². The van der Waals surface area contributed by atoms with Crippen LogP contribution in [0.5, 0.6) is 5.75 Å². The molecule has 0 saturated heterocycles. The highest BCUT2D eigenvalue weighted by Crippen LogP contribution is 2.18. The summed E-state index contributed by atoms with van der Waals surface area (Å²) >= 11 is 0. The highest BCUT2D eigenvalue weighted by Gasteiger charge is 2.07. The molecule has 0 amide bonds. The van der Waals surface area contributed by atoms with E-state index < -0.39 is 0 Å². The van der Waals surface area contributed by atoms with E-state index in [4.69, 9.17) is 0 Å². The van der Waals surface area contributed by atoms with Gasteiger partial charge in [0.25, 0.3) is 0 Å². The Morgan fingerprint density at radius 1 is 1.05 bits per heavy atom. The summed E-state index contributed by atoms with van der Waals surface area (Å²) in [6.45, 7) is 5.72. The molecule has 0 saturated carbocycles. The van der Waals surface area contributed by atoms with Crippen LogP contribution in [0.3, 0.4) is 0 Å². The summed E-state index contributed by atoms with van der Waals surface area (Å²) in [7, 11) is 0. The van der Waals surface area contributed by atoms with Crippen molar-refractivity contribution < 1.29 is 14.7 Å². The Labute approximate surface area is 133 Å². The summed E-state index contributed by atoms with van der Waals surface area (Å²) in [5.74, 6) is 1.01. The maximum absolute atomic E-state index is 11.9. The van der Waals surface area contributed by atoms with Gasteiger partial charge in [0, 0.05) is 25.2 Å². The van der Waals surface area contributed by atoms with Crippen LogP contribution >= 0.6 is 0 Å². The minimum atomic E-state index is 0.121. The van der Waals surface area contributed by atoms with E-state index in [0.29, 0.717) is 30.8 Å². The number of unbranched alkanes of at least 4 members (excludes halogenated alkanes) is 2. The zero-order chi connectivity index (χ0) is 16.5. The average molecular weight is 304 g/mol. The molecule has 122 valence electrons. The number of carbonyl (C=O) groups excluding carboxylic acids is 2. The van der Waals surface area contributed by atoms with Gasteiger partial charge in [0.05, 0.1) is 0 Å². The predicted molar refractivity (Wildman–Crippen MR) is 89.1 cm³/mol. The second-order valence-corrected chi connectivity index (χ2v) is 6.34. The number of aryl methyl sites for hydroxylation is 2. The van der Waals surface area contributed by atoms with Gasteiger partial charge in [-0.3, -0.25) is 9.59 Å². The van der Waals surface area contributed by atoms with E-state index in [2.05, 4.69) is 0 Å². The third-order valence-corrected chi connectivity index (χ3v) is 3.98. The molecule has 22 heavy (non-hydrogen) atoms. The highest BCUT2D eigenvalue weighted by molar-refractivity contribution is 5.80. The zero-order valence-electron chi connectivity index (χ0n) is 14.0. The van der Waals surface area contributed by atoms with Crippen molar-refractivity contribution in [3.05, 3.63) is 29.3 Å². The van der Waals surface area contributed by atoms with E-state index in [9.17, 15) is 14.7 Å². The molecule has 1 aromatic rings. The normalized spacial score (nSPS) is 10.9. The minimum Gasteiger partial charge on any atom is -0.508 e. The number of benzene rings is 1. The number of phenols is 1. The van der Waals surface area contributed by atoms with Gasteiger partial charge in [0.1, 0.15) is 17.3 Å². The molecule has 0 fully saturated rings. The van der Waals surface area contributed by atoms with Gasteiger partial charge in [-0.2, -0.15) is 0 Å². The van der Waals surface area contributed by atoms with Gasteiger partial charge in [0.2, 0.25) is 0 Å². The van der Waals surface area contributed by atoms with Crippen LogP contribution in [0.4, 0.5) is 0 Å². The Kier molecular flexibility index (Phi) is 7.86. The van der Waals surface area contributed by atoms with Crippen molar-refractivity contribution in [1.82, 2.24) is 0 Å². The molecule has 0 unspecified atom stereocenters. The van der Waals surface area contributed by atoms with E-state index in [1.54, 1.807) is 6.07 Å². The summed E-state index contributed by atoms with van der Waals surface area (Å²) < 4.78 is 0. The SMILES string of the molecule is Cc1cc(CCC(=O)CCCCCC(=O)C(C)C)ccc1O. The van der Waals surface area contributed by atoms with E-state index in [0.717, 1.165) is 36.8 Å². The fourth-order valence-electron chi connectivity index (χ4n) is 2.37. The maximum Gasteiger partial charge on any atom is 0.135 e. The van der Waals surface area contributed by atoms with Crippen molar-refractivity contribution in [3.63, 3.8) is 0 Å². The first-order valence-corrected chi connectivity index (χ1v) is 8.23. The Morgan fingerprint density at radius 2 is 1.73 bits per heavy atom. The molecule has 0 atom stereocenters. The number of rotatable bonds is 10. The molecular weight excluding hydrogens is 276 g/mol. The third-order valence-electron chi connectivity index (χ3n) is 3.98. The summed E-state index contributed by atoms with van der Waals surface area (Å²) in [6.07, 6.45) is 5.23. The first-order valence-electron chi connectivity index (χ1n) is 8.23. The zero-order valence-corrected chi connectivity index (χ0v) is 14.0. The molecule has 0 heterocycles. The van der Waals surface area contributed by atoms with Crippen LogP contribution in [-0.2, 0) is 16.0 Å². The van der Waals surface area contributed by atoms with Crippen LogP contribution in [0.25, 0.3) is 0 Å². The van der Waals surface area contributed by atoms with Crippen molar-refractivity contribution >= 4 is 11.6 Å². The van der Waals surface area contributed by atoms with Crippen molar-refractivity contribution in [3.8, 4) is 5.75 Å². The molecule has 0 aromatic heterocycles. The quantitative estimate of drug-likeness (QED) is 0.653. The smallest absolute Gasteiger partial charge is 0.135 e. The van der Waals surface area contributed by atoms with E-state index in [1.165, 1.54) is 0 Å². The van der Waals surface area contributed by atoms with Gasteiger partial charge < -0.3 is 5.11 Å². The van der Waals surface area contributed by atoms with Gasteiger partial charge in [-0.05, 0) is 43.4 Å². The highest BCUT2D eigenvalue weighted by atomic mass is 16.3. The number of hydrogen-bond acceptors (Lipinski definition) is 3. The first kappa shape index (κ1) is 18.4. The Balaban J connectivity index is 2.16. The predicted octanol–water partition coefficient (Wildman–Crippen LogP) is 4.38. The van der Waals surface area contributed by atoms with E-state index in [-0.39, 0.29) is 11.7 Å². The van der Waals surface area contributed by atoms with Crippen molar-refractivity contribution in [1.29, 1.82) is 0 Å². The fraction of sp³-hybridized carbons (Fsp3) is 0.579. The van der Waals surface area contributed by atoms with Crippen LogP contribution in [0.2, 0.25) is 0 Å². The number of Topliss-reactive ketones (excluding diaryl/α,β-unsaturated/α-hetero) is 2. The molecule has 1 N–H and O–H groups in total. The second kappa shape index (κ2) is 9.39. The summed E-state index contributed by atoms with van der Waals surface area (Å²) in [6, 6.07) is 5.48. The van der Waals surface area contributed by atoms with Crippen LogP contribution in [0.15, 0.2) is 18.2 Å². The lowest BCUT2D eigenvalue weighted by Gasteiger charge is -2.05. The molecule has 3 heteroatoms. The lowest BCUT2D eigenvalue weighted by Crippen LogP contribution is -2.06. The summed E-state index contributed by atoms with van der Waals surface area (Å²) in [5, 5.41) is 9.47. The molecule has 1 aromatic carbocycles. The molecule has 1 rings (SSSR count). The molecule has 0 aliphatic rings. The van der Waals surface area contributed by atoms with Crippen LogP contribution < -0.4 is 0 Å². The fourth-order valence-corrected chi connectivity index (χ4v) is 2.37. The molecule has 3 nitrogen and oxygen atoms in total. The molecule has 0 spiro atoms. The van der Waals surface area contributed by atoms with E-state index >= 15 is 0 Å². The Bertz CT molecular complexity index is 503. The van der Waals surface area contributed by atoms with Crippen molar-refractivity contribution in [2.24, 2.45) is 5.92 Å². The molecule has 0 radical (unpaired) electrons. The van der Waals surface area contributed by atoms with Crippen molar-refractivity contribution in [2.45, 2.75) is 65.7 Å². The number of hydrogen-bond donors (Lipinski definition) is 1. The van der Waals surface area contributed by atoms with Crippen LogP contribution in [0.1, 0.15) is 63.5 Å². The van der Waals surface area contributed by atoms with Gasteiger partial charge in [-0.1, -0.05) is 32.4 Å².